The summed E-state index contributed by atoms with van der Waals surface area (Å²) >= 11 is 0. The van der Waals surface area contributed by atoms with E-state index in [1.165, 1.54) is 18.2 Å². The van der Waals surface area contributed by atoms with Crippen LogP contribution in [0.15, 0.2) is 41.3 Å². The first-order valence-electron chi connectivity index (χ1n) is 7.07. The highest BCUT2D eigenvalue weighted by Crippen LogP contribution is 2.53. The number of sulfonamides is 1. The van der Waals surface area contributed by atoms with Crippen molar-refractivity contribution in [3.05, 3.63) is 36.4 Å². The molecule has 2 aliphatic carbocycles. The second kappa shape index (κ2) is 4.27. The molecule has 0 radical (unpaired) electrons. The molecule has 4 rings (SSSR count). The monoisotopic (exact) mass is 318 g/mol. The van der Waals surface area contributed by atoms with Gasteiger partial charge in [-0.1, -0.05) is 24.3 Å². The third kappa shape index (κ3) is 1.66. The van der Waals surface area contributed by atoms with E-state index in [1.807, 2.05) is 12.2 Å². The molecule has 1 saturated heterocycles. The van der Waals surface area contributed by atoms with Crippen molar-refractivity contribution in [1.29, 1.82) is 0 Å². The van der Waals surface area contributed by atoms with Crippen LogP contribution in [-0.4, -0.2) is 20.2 Å². The Balaban J connectivity index is 1.83. The fourth-order valence-electron chi connectivity index (χ4n) is 4.02. The van der Waals surface area contributed by atoms with E-state index in [0.717, 1.165) is 11.3 Å². The standard InChI is InChI=1S/C15H14N2O4S/c16-22(20,21)11-4-2-1-3-10(11)17-14(18)12-8-5-6-9(7-8)13(12)15(17)19/h1-6,8-9,12-13H,7H2,(H2,16,20,21). The molecule has 22 heavy (non-hydrogen) atoms. The summed E-state index contributed by atoms with van der Waals surface area (Å²) in [4.78, 5) is 26.2. The van der Waals surface area contributed by atoms with Gasteiger partial charge in [0.05, 0.1) is 17.5 Å². The summed E-state index contributed by atoms with van der Waals surface area (Å²) in [5, 5.41) is 5.21. The maximum atomic E-state index is 12.7. The molecule has 2 bridgehead atoms. The number of imide groups is 1. The van der Waals surface area contributed by atoms with Crippen LogP contribution in [0.4, 0.5) is 5.69 Å². The van der Waals surface area contributed by atoms with Gasteiger partial charge in [-0.25, -0.2) is 18.5 Å². The van der Waals surface area contributed by atoms with E-state index in [-0.39, 0.29) is 46.1 Å². The van der Waals surface area contributed by atoms with E-state index in [0.29, 0.717) is 0 Å². The van der Waals surface area contributed by atoms with Crippen LogP contribution in [0.5, 0.6) is 0 Å². The van der Waals surface area contributed by atoms with Gasteiger partial charge in [0.2, 0.25) is 21.8 Å². The third-order valence-corrected chi connectivity index (χ3v) is 5.84. The Morgan fingerprint density at radius 3 is 2.09 bits per heavy atom. The summed E-state index contributed by atoms with van der Waals surface area (Å²) in [6, 6.07) is 5.87. The Morgan fingerprint density at radius 1 is 1.00 bits per heavy atom. The number of carbonyl (C=O) groups is 2. The van der Waals surface area contributed by atoms with Crippen LogP contribution in [0, 0.1) is 23.7 Å². The maximum Gasteiger partial charge on any atom is 0.240 e. The molecule has 1 aromatic carbocycles. The zero-order valence-corrected chi connectivity index (χ0v) is 12.4. The Morgan fingerprint density at radius 2 is 1.55 bits per heavy atom. The number of amides is 2. The van der Waals surface area contributed by atoms with Crippen LogP contribution in [0.1, 0.15) is 6.42 Å². The van der Waals surface area contributed by atoms with Crippen molar-refractivity contribution in [3.8, 4) is 0 Å². The zero-order chi connectivity index (χ0) is 15.6. The number of primary sulfonamides is 1. The largest absolute Gasteiger partial charge is 0.274 e. The molecule has 2 fully saturated rings. The van der Waals surface area contributed by atoms with Crippen molar-refractivity contribution in [2.45, 2.75) is 11.3 Å². The Hall–Kier alpha value is -1.99. The number of nitrogens with two attached hydrogens (primary N) is 1. The summed E-state index contributed by atoms with van der Waals surface area (Å²) in [6.07, 6.45) is 4.82. The van der Waals surface area contributed by atoms with E-state index in [9.17, 15) is 18.0 Å². The van der Waals surface area contributed by atoms with Crippen LogP contribution in [0.25, 0.3) is 0 Å². The number of allylic oxidation sites excluding steroid dienone is 2. The molecule has 1 aromatic rings. The van der Waals surface area contributed by atoms with Crippen molar-refractivity contribution in [1.82, 2.24) is 0 Å². The second-order valence-electron chi connectivity index (χ2n) is 6.02. The van der Waals surface area contributed by atoms with Crippen LogP contribution in [0.2, 0.25) is 0 Å². The molecule has 4 unspecified atom stereocenters. The predicted octanol–water partition coefficient (Wildman–Crippen LogP) is 0.646. The highest BCUT2D eigenvalue weighted by atomic mass is 32.2. The van der Waals surface area contributed by atoms with Crippen molar-refractivity contribution >= 4 is 27.5 Å². The molecule has 2 N–H and O–H groups in total. The molecular formula is C15H14N2O4S. The van der Waals surface area contributed by atoms with E-state index in [4.69, 9.17) is 5.14 Å². The van der Waals surface area contributed by atoms with Gasteiger partial charge in [0.15, 0.2) is 0 Å². The van der Waals surface area contributed by atoms with Crippen molar-refractivity contribution < 1.29 is 18.0 Å². The minimum absolute atomic E-state index is 0.0637. The Kier molecular flexibility index (Phi) is 2.65. The number of benzene rings is 1. The molecule has 6 nitrogen and oxygen atoms in total. The molecule has 1 heterocycles. The van der Waals surface area contributed by atoms with Gasteiger partial charge in [0.25, 0.3) is 0 Å². The normalized spacial score (nSPS) is 32.9. The highest BCUT2D eigenvalue weighted by Gasteiger charge is 2.59. The van der Waals surface area contributed by atoms with Gasteiger partial charge in [-0.15, -0.1) is 0 Å². The van der Waals surface area contributed by atoms with Gasteiger partial charge in [0, 0.05) is 0 Å². The lowest BCUT2D eigenvalue weighted by Crippen LogP contribution is -2.34. The smallest absolute Gasteiger partial charge is 0.240 e. The first kappa shape index (κ1) is 13.7. The predicted molar refractivity (Wildman–Crippen MR) is 78.0 cm³/mol. The lowest BCUT2D eigenvalue weighted by molar-refractivity contribution is -0.123. The lowest BCUT2D eigenvalue weighted by Gasteiger charge is -2.19. The molecule has 4 atom stereocenters. The number of rotatable bonds is 2. The molecule has 1 aliphatic heterocycles. The number of anilines is 1. The summed E-state index contributed by atoms with van der Waals surface area (Å²) < 4.78 is 23.5. The van der Waals surface area contributed by atoms with Crippen molar-refractivity contribution in [2.75, 3.05) is 4.90 Å². The van der Waals surface area contributed by atoms with Crippen molar-refractivity contribution in [2.24, 2.45) is 28.8 Å². The lowest BCUT2D eigenvalue weighted by atomic mass is 9.85. The van der Waals surface area contributed by atoms with Crippen LogP contribution in [-0.2, 0) is 19.6 Å². The van der Waals surface area contributed by atoms with E-state index in [1.54, 1.807) is 6.07 Å². The number of carbonyl (C=O) groups excluding carboxylic acids is 2. The molecule has 2 amide bonds. The average molecular weight is 318 g/mol. The second-order valence-corrected chi connectivity index (χ2v) is 7.55. The Bertz CT molecular complexity index is 800. The molecule has 1 saturated carbocycles. The van der Waals surface area contributed by atoms with Gasteiger partial charge >= 0.3 is 0 Å². The average Bonchev–Trinajstić information content (AvgIpc) is 3.12. The Labute approximate surface area is 127 Å². The minimum Gasteiger partial charge on any atom is -0.274 e. The van der Waals surface area contributed by atoms with E-state index >= 15 is 0 Å². The summed E-state index contributed by atoms with van der Waals surface area (Å²) in [7, 11) is -4.01. The van der Waals surface area contributed by atoms with Gasteiger partial charge in [-0.05, 0) is 30.4 Å². The topological polar surface area (TPSA) is 97.5 Å². The third-order valence-electron chi connectivity index (χ3n) is 4.88. The van der Waals surface area contributed by atoms with Crippen LogP contribution in [0.3, 0.4) is 0 Å². The number of hydrogen-bond donors (Lipinski definition) is 1. The summed E-state index contributed by atoms with van der Waals surface area (Å²) in [5.74, 6) is -1.20. The number of hydrogen-bond acceptors (Lipinski definition) is 4. The minimum atomic E-state index is -4.01. The van der Waals surface area contributed by atoms with Crippen LogP contribution >= 0.6 is 0 Å². The van der Waals surface area contributed by atoms with E-state index in [2.05, 4.69) is 0 Å². The SMILES string of the molecule is NS(=O)(=O)c1ccccc1N1C(=O)C2C3C=CC(C3)C2C1=O. The van der Waals surface area contributed by atoms with Gasteiger partial charge in [-0.2, -0.15) is 0 Å². The first-order chi connectivity index (χ1) is 10.4. The van der Waals surface area contributed by atoms with Gasteiger partial charge in [-0.3, -0.25) is 9.59 Å². The molecule has 0 aromatic heterocycles. The van der Waals surface area contributed by atoms with Gasteiger partial charge in [0.1, 0.15) is 4.90 Å². The molecule has 0 spiro atoms. The zero-order valence-electron chi connectivity index (χ0n) is 11.5. The van der Waals surface area contributed by atoms with E-state index < -0.39 is 10.0 Å². The highest BCUT2D eigenvalue weighted by molar-refractivity contribution is 7.89. The molecule has 7 heteroatoms. The van der Waals surface area contributed by atoms with Crippen molar-refractivity contribution in [3.63, 3.8) is 0 Å². The summed E-state index contributed by atoms with van der Waals surface area (Å²) in [5.41, 5.74) is 0.0637. The first-order valence-corrected chi connectivity index (χ1v) is 8.62. The maximum absolute atomic E-state index is 12.7. The fourth-order valence-corrected chi connectivity index (χ4v) is 4.74. The number of nitrogens with zero attached hydrogens (tertiary/aromatic N) is 1. The van der Waals surface area contributed by atoms with Crippen LogP contribution < -0.4 is 10.0 Å². The van der Waals surface area contributed by atoms with Gasteiger partial charge < -0.3 is 0 Å². The summed E-state index contributed by atoms with van der Waals surface area (Å²) in [6.45, 7) is 0. The molecule has 3 aliphatic rings. The number of fused-ring (bicyclic) bond motifs is 5. The number of para-hydroxylation sites is 1. The molecule has 114 valence electrons. The fraction of sp³-hybridized carbons (Fsp3) is 0.333. The molecular weight excluding hydrogens is 304 g/mol. The quantitative estimate of drug-likeness (QED) is 0.639.